The molecule has 0 radical (unpaired) electrons. The zero-order valence-corrected chi connectivity index (χ0v) is 13.6. The molecule has 2 N–H and O–H groups in total. The molecule has 6 nitrogen and oxygen atoms in total. The summed E-state index contributed by atoms with van der Waals surface area (Å²) in [6.45, 7) is 8.10. The number of anilines is 4. The second-order valence-electron chi connectivity index (χ2n) is 5.64. The maximum atomic E-state index is 5.03. The molecule has 0 aliphatic carbocycles. The summed E-state index contributed by atoms with van der Waals surface area (Å²) < 4.78 is 5.03. The van der Waals surface area contributed by atoms with E-state index in [9.17, 15) is 0 Å². The number of aryl methyl sites for hydroxylation is 4. The Kier molecular flexibility index (Phi) is 3.97. The van der Waals surface area contributed by atoms with Crippen LogP contribution in [0, 0.1) is 27.7 Å². The summed E-state index contributed by atoms with van der Waals surface area (Å²) in [7, 11) is 0. The third kappa shape index (κ3) is 3.48. The van der Waals surface area contributed by atoms with Crippen LogP contribution in [-0.4, -0.2) is 15.1 Å². The summed E-state index contributed by atoms with van der Waals surface area (Å²) in [6, 6.07) is 7.94. The summed E-state index contributed by atoms with van der Waals surface area (Å²) in [5.41, 5.74) is 4.68. The monoisotopic (exact) mass is 309 g/mol. The van der Waals surface area contributed by atoms with Crippen molar-refractivity contribution in [3.63, 3.8) is 0 Å². The maximum absolute atomic E-state index is 5.03. The largest absolute Gasteiger partial charge is 0.360 e. The van der Waals surface area contributed by atoms with Crippen LogP contribution in [-0.2, 0) is 0 Å². The fourth-order valence-electron chi connectivity index (χ4n) is 2.56. The molecule has 0 amide bonds. The summed E-state index contributed by atoms with van der Waals surface area (Å²) in [6.07, 6.45) is 1.51. The van der Waals surface area contributed by atoms with Gasteiger partial charge < -0.3 is 15.2 Å². The molecule has 0 aliphatic rings. The lowest BCUT2D eigenvalue weighted by molar-refractivity contribution is 0.400. The van der Waals surface area contributed by atoms with E-state index in [0.29, 0.717) is 11.6 Å². The number of nitrogens with zero attached hydrogens (tertiary/aromatic N) is 3. The van der Waals surface area contributed by atoms with Crippen LogP contribution in [0.5, 0.6) is 0 Å². The molecule has 0 unspecified atom stereocenters. The molecule has 0 bridgehead atoms. The van der Waals surface area contributed by atoms with Crippen LogP contribution in [0.25, 0.3) is 0 Å². The van der Waals surface area contributed by atoms with Gasteiger partial charge in [0.2, 0.25) is 0 Å². The molecule has 0 fully saturated rings. The summed E-state index contributed by atoms with van der Waals surface area (Å²) >= 11 is 0. The van der Waals surface area contributed by atoms with Crippen LogP contribution in [0.3, 0.4) is 0 Å². The molecular weight excluding hydrogens is 290 g/mol. The number of aromatic nitrogens is 3. The van der Waals surface area contributed by atoms with Crippen molar-refractivity contribution in [3.8, 4) is 0 Å². The minimum absolute atomic E-state index is 0.620. The van der Waals surface area contributed by atoms with E-state index in [4.69, 9.17) is 4.52 Å². The molecule has 6 heteroatoms. The molecule has 0 atom stereocenters. The molecule has 23 heavy (non-hydrogen) atoms. The van der Waals surface area contributed by atoms with E-state index >= 15 is 0 Å². The third-order valence-corrected chi connectivity index (χ3v) is 3.48. The fourth-order valence-corrected chi connectivity index (χ4v) is 2.56. The Hall–Kier alpha value is -2.89. The zero-order valence-electron chi connectivity index (χ0n) is 13.6. The number of benzene rings is 1. The van der Waals surface area contributed by atoms with E-state index < -0.39 is 0 Å². The molecule has 1 aromatic carbocycles. The van der Waals surface area contributed by atoms with Gasteiger partial charge in [0.05, 0.1) is 0 Å². The van der Waals surface area contributed by atoms with Crippen LogP contribution < -0.4 is 10.6 Å². The van der Waals surface area contributed by atoms with Gasteiger partial charge in [-0.15, -0.1) is 0 Å². The molecule has 0 aliphatic heterocycles. The predicted octanol–water partition coefficient (Wildman–Crippen LogP) is 4.19. The predicted molar refractivity (Wildman–Crippen MR) is 90.5 cm³/mol. The van der Waals surface area contributed by atoms with E-state index in [1.165, 1.54) is 23.0 Å². The number of hydrogen-bond acceptors (Lipinski definition) is 6. The van der Waals surface area contributed by atoms with Crippen molar-refractivity contribution in [1.82, 2.24) is 15.1 Å². The Morgan fingerprint density at radius 2 is 1.43 bits per heavy atom. The Labute approximate surface area is 135 Å². The van der Waals surface area contributed by atoms with Crippen molar-refractivity contribution in [2.75, 3.05) is 10.6 Å². The molecule has 2 heterocycles. The second kappa shape index (κ2) is 6.08. The lowest BCUT2D eigenvalue weighted by Gasteiger charge is -2.13. The molecule has 3 rings (SSSR count). The normalized spacial score (nSPS) is 10.6. The van der Waals surface area contributed by atoms with E-state index in [0.717, 1.165) is 17.3 Å². The van der Waals surface area contributed by atoms with Gasteiger partial charge in [0.15, 0.2) is 5.82 Å². The fraction of sp³-hybridized carbons (Fsp3) is 0.235. The van der Waals surface area contributed by atoms with Crippen molar-refractivity contribution >= 4 is 23.1 Å². The van der Waals surface area contributed by atoms with E-state index in [1.807, 2.05) is 19.1 Å². The van der Waals surface area contributed by atoms with Crippen LogP contribution >= 0.6 is 0 Å². The van der Waals surface area contributed by atoms with Gasteiger partial charge in [-0.1, -0.05) is 22.9 Å². The Balaban J connectivity index is 1.83. The minimum Gasteiger partial charge on any atom is -0.360 e. The topological polar surface area (TPSA) is 75.9 Å². The van der Waals surface area contributed by atoms with Gasteiger partial charge in [0.25, 0.3) is 0 Å². The molecule has 118 valence electrons. The second-order valence-corrected chi connectivity index (χ2v) is 5.64. The van der Waals surface area contributed by atoms with Gasteiger partial charge >= 0.3 is 0 Å². The van der Waals surface area contributed by atoms with Crippen molar-refractivity contribution < 1.29 is 4.52 Å². The van der Waals surface area contributed by atoms with Crippen molar-refractivity contribution in [2.45, 2.75) is 27.7 Å². The van der Waals surface area contributed by atoms with Gasteiger partial charge in [-0.3, -0.25) is 0 Å². The van der Waals surface area contributed by atoms with Gasteiger partial charge in [0.1, 0.15) is 23.7 Å². The average molecular weight is 309 g/mol. The number of rotatable bonds is 4. The molecule has 0 saturated carbocycles. The van der Waals surface area contributed by atoms with Crippen molar-refractivity contribution in [2.24, 2.45) is 0 Å². The first kappa shape index (κ1) is 15.0. The van der Waals surface area contributed by atoms with Crippen LogP contribution in [0.4, 0.5) is 23.1 Å². The van der Waals surface area contributed by atoms with Crippen LogP contribution in [0.15, 0.2) is 35.1 Å². The van der Waals surface area contributed by atoms with E-state index in [-0.39, 0.29) is 0 Å². The van der Waals surface area contributed by atoms with Crippen molar-refractivity contribution in [1.29, 1.82) is 0 Å². The molecule has 0 spiro atoms. The highest BCUT2D eigenvalue weighted by molar-refractivity contribution is 5.67. The Morgan fingerprint density at radius 1 is 0.783 bits per heavy atom. The molecular formula is C17H19N5O. The van der Waals surface area contributed by atoms with Gasteiger partial charge in [0, 0.05) is 17.8 Å². The van der Waals surface area contributed by atoms with E-state index in [1.54, 1.807) is 0 Å². The first-order valence-electron chi connectivity index (χ1n) is 7.38. The number of hydrogen-bond donors (Lipinski definition) is 2. The van der Waals surface area contributed by atoms with Crippen molar-refractivity contribution in [3.05, 3.63) is 53.0 Å². The minimum atomic E-state index is 0.620. The van der Waals surface area contributed by atoms with Gasteiger partial charge in [-0.25, -0.2) is 9.97 Å². The molecule has 3 aromatic rings. The zero-order chi connectivity index (χ0) is 16.4. The highest BCUT2D eigenvalue weighted by atomic mass is 16.5. The third-order valence-electron chi connectivity index (χ3n) is 3.48. The molecule has 2 aromatic heterocycles. The number of nitrogens with one attached hydrogen (secondary N) is 2. The van der Waals surface area contributed by atoms with Crippen LogP contribution in [0.2, 0.25) is 0 Å². The van der Waals surface area contributed by atoms with Crippen LogP contribution in [0.1, 0.15) is 22.5 Å². The summed E-state index contributed by atoms with van der Waals surface area (Å²) in [4.78, 5) is 8.48. The maximum Gasteiger partial charge on any atom is 0.175 e. The lowest BCUT2D eigenvalue weighted by atomic mass is 10.1. The van der Waals surface area contributed by atoms with Gasteiger partial charge in [-0.05, 0) is 38.8 Å². The molecule has 0 saturated heterocycles. The van der Waals surface area contributed by atoms with Gasteiger partial charge in [-0.2, -0.15) is 0 Å². The van der Waals surface area contributed by atoms with E-state index in [2.05, 4.69) is 58.7 Å². The Morgan fingerprint density at radius 3 is 2.04 bits per heavy atom. The lowest BCUT2D eigenvalue weighted by Crippen LogP contribution is -2.01. The summed E-state index contributed by atoms with van der Waals surface area (Å²) in [5, 5.41) is 10.4. The summed E-state index contributed by atoms with van der Waals surface area (Å²) in [5.74, 6) is 2.73. The first-order valence-corrected chi connectivity index (χ1v) is 7.38. The highest BCUT2D eigenvalue weighted by Crippen LogP contribution is 2.26. The standard InChI is InChI=1S/C17H19N5O/c1-10-5-11(2)17(12(3)6-10)21-15-8-14(18-9-19-15)20-16-7-13(4)23-22-16/h5-9H,1-4H3,(H2,18,19,20,21,22). The smallest absolute Gasteiger partial charge is 0.175 e. The first-order chi connectivity index (χ1) is 11.0. The average Bonchev–Trinajstić information content (AvgIpc) is 2.88. The SMILES string of the molecule is Cc1cc(C)c(Nc2cc(Nc3cc(C)on3)ncn2)c(C)c1. The quantitative estimate of drug-likeness (QED) is 0.752. The highest BCUT2D eigenvalue weighted by Gasteiger charge is 2.07. The Bertz CT molecular complexity index is 818.